The molecule has 0 saturated heterocycles. The number of nitrogens with zero attached hydrogens (tertiary/aromatic N) is 1. The lowest BCUT2D eigenvalue weighted by Crippen LogP contribution is -2.37. The van der Waals surface area contributed by atoms with Gasteiger partial charge in [0.25, 0.3) is 0 Å². The summed E-state index contributed by atoms with van der Waals surface area (Å²) in [4.78, 5) is 2.03. The van der Waals surface area contributed by atoms with Crippen molar-refractivity contribution in [3.63, 3.8) is 0 Å². The maximum absolute atomic E-state index is 9.42. The first-order valence-electron chi connectivity index (χ1n) is 3.55. The van der Waals surface area contributed by atoms with E-state index in [1.165, 1.54) is 0 Å². The maximum Gasteiger partial charge on any atom is 0.0753 e. The van der Waals surface area contributed by atoms with Gasteiger partial charge in [0.15, 0.2) is 0 Å². The van der Waals surface area contributed by atoms with E-state index in [0.717, 1.165) is 13.0 Å². The fourth-order valence-electron chi connectivity index (χ4n) is 0.567. The van der Waals surface area contributed by atoms with Gasteiger partial charge in [-0.15, -0.1) is 0 Å². The second-order valence-corrected chi connectivity index (χ2v) is 3.25. The van der Waals surface area contributed by atoms with Gasteiger partial charge in [-0.3, -0.25) is 0 Å². The van der Waals surface area contributed by atoms with Crippen molar-refractivity contribution >= 4 is 0 Å². The molecule has 0 aromatic carbocycles. The molecule has 0 rings (SSSR count). The topological polar surface area (TPSA) is 49.5 Å². The van der Waals surface area contributed by atoms with Crippen LogP contribution < -0.4 is 5.73 Å². The number of hydrogen-bond acceptors (Lipinski definition) is 3. The fourth-order valence-corrected chi connectivity index (χ4v) is 0.567. The summed E-state index contributed by atoms with van der Waals surface area (Å²) in [7, 11) is 3.96. The lowest BCUT2D eigenvalue weighted by Gasteiger charge is -2.22. The Morgan fingerprint density at radius 2 is 2.00 bits per heavy atom. The summed E-state index contributed by atoms with van der Waals surface area (Å²) in [6.45, 7) is 2.97. The lowest BCUT2D eigenvalue weighted by molar-refractivity contribution is 0.0526. The second-order valence-electron chi connectivity index (χ2n) is 3.25. The van der Waals surface area contributed by atoms with Crippen LogP contribution in [-0.2, 0) is 0 Å². The van der Waals surface area contributed by atoms with E-state index < -0.39 is 5.60 Å². The Morgan fingerprint density at radius 1 is 1.50 bits per heavy atom. The zero-order valence-electron chi connectivity index (χ0n) is 7.09. The van der Waals surface area contributed by atoms with E-state index in [-0.39, 0.29) is 0 Å². The Balaban J connectivity index is 3.46. The number of hydrogen-bond donors (Lipinski definition) is 2. The standard InChI is InChI=1S/C7H18N2O/c1-7(10,6-8)4-5-9(2)3/h10H,4-6,8H2,1-3H3/t7-/m1/s1. The minimum Gasteiger partial charge on any atom is -0.389 e. The molecule has 0 heterocycles. The van der Waals surface area contributed by atoms with Crippen LogP contribution in [-0.4, -0.2) is 42.8 Å². The third kappa shape index (κ3) is 4.73. The summed E-state index contributed by atoms with van der Waals surface area (Å²) in [5, 5.41) is 9.42. The van der Waals surface area contributed by atoms with E-state index in [2.05, 4.69) is 0 Å². The highest BCUT2D eigenvalue weighted by molar-refractivity contribution is 4.73. The third-order valence-electron chi connectivity index (χ3n) is 1.54. The minimum absolute atomic E-state index is 0.334. The van der Waals surface area contributed by atoms with Crippen LogP contribution in [0.3, 0.4) is 0 Å². The van der Waals surface area contributed by atoms with Crippen molar-refractivity contribution in [2.45, 2.75) is 18.9 Å². The summed E-state index contributed by atoms with van der Waals surface area (Å²) in [5.41, 5.74) is 4.63. The molecule has 10 heavy (non-hydrogen) atoms. The van der Waals surface area contributed by atoms with Crippen LogP contribution in [0, 0.1) is 0 Å². The van der Waals surface area contributed by atoms with Gasteiger partial charge >= 0.3 is 0 Å². The molecule has 3 nitrogen and oxygen atoms in total. The molecular formula is C7H18N2O. The van der Waals surface area contributed by atoms with Crippen molar-refractivity contribution in [1.82, 2.24) is 4.90 Å². The molecule has 62 valence electrons. The van der Waals surface area contributed by atoms with Crippen LogP contribution in [0.1, 0.15) is 13.3 Å². The predicted octanol–water partition coefficient (Wildman–Crippen LogP) is -0.352. The summed E-state index contributed by atoms with van der Waals surface area (Å²) >= 11 is 0. The van der Waals surface area contributed by atoms with Crippen molar-refractivity contribution in [2.75, 3.05) is 27.2 Å². The first-order chi connectivity index (χ1) is 4.48. The van der Waals surface area contributed by atoms with Gasteiger partial charge < -0.3 is 15.7 Å². The molecule has 0 amide bonds. The first-order valence-corrected chi connectivity index (χ1v) is 3.55. The van der Waals surface area contributed by atoms with Gasteiger partial charge in [-0.05, 0) is 27.4 Å². The average molecular weight is 146 g/mol. The zero-order valence-corrected chi connectivity index (χ0v) is 7.09. The van der Waals surface area contributed by atoms with E-state index in [9.17, 15) is 5.11 Å². The summed E-state index contributed by atoms with van der Waals surface area (Å²) in [6, 6.07) is 0. The SMILES string of the molecule is CN(C)CC[C@@](C)(O)CN. The van der Waals surface area contributed by atoms with Crippen LogP contribution in [0.15, 0.2) is 0 Å². The summed E-state index contributed by atoms with van der Waals surface area (Å²) in [5.74, 6) is 0. The minimum atomic E-state index is -0.690. The molecule has 0 bridgehead atoms. The molecule has 1 atom stereocenters. The van der Waals surface area contributed by atoms with Crippen LogP contribution >= 0.6 is 0 Å². The Morgan fingerprint density at radius 3 is 2.30 bits per heavy atom. The van der Waals surface area contributed by atoms with E-state index in [0.29, 0.717) is 6.54 Å². The summed E-state index contributed by atoms with van der Waals surface area (Å²) in [6.07, 6.45) is 0.733. The largest absolute Gasteiger partial charge is 0.389 e. The molecule has 3 N–H and O–H groups in total. The fraction of sp³-hybridized carbons (Fsp3) is 1.00. The third-order valence-corrected chi connectivity index (χ3v) is 1.54. The maximum atomic E-state index is 9.42. The van der Waals surface area contributed by atoms with Crippen molar-refractivity contribution in [3.05, 3.63) is 0 Å². The van der Waals surface area contributed by atoms with Gasteiger partial charge in [0.2, 0.25) is 0 Å². The quantitative estimate of drug-likeness (QED) is 0.570. The van der Waals surface area contributed by atoms with E-state index in [1.807, 2.05) is 19.0 Å². The highest BCUT2D eigenvalue weighted by Gasteiger charge is 2.16. The predicted molar refractivity (Wildman–Crippen MR) is 42.8 cm³/mol. The molecule has 0 aromatic rings. The number of rotatable bonds is 4. The first kappa shape index (κ1) is 9.88. The van der Waals surface area contributed by atoms with Gasteiger partial charge in [-0.25, -0.2) is 0 Å². The monoisotopic (exact) mass is 146 g/mol. The molecule has 0 unspecified atom stereocenters. The van der Waals surface area contributed by atoms with Gasteiger partial charge in [0.05, 0.1) is 5.60 Å². The van der Waals surface area contributed by atoms with Crippen LogP contribution in [0.4, 0.5) is 0 Å². The van der Waals surface area contributed by atoms with Crippen LogP contribution in [0.5, 0.6) is 0 Å². The molecule has 0 aliphatic rings. The van der Waals surface area contributed by atoms with Crippen LogP contribution in [0.25, 0.3) is 0 Å². The molecular weight excluding hydrogens is 128 g/mol. The van der Waals surface area contributed by atoms with Crippen molar-refractivity contribution < 1.29 is 5.11 Å². The summed E-state index contributed by atoms with van der Waals surface area (Å²) < 4.78 is 0. The van der Waals surface area contributed by atoms with Gasteiger partial charge in [0, 0.05) is 13.1 Å². The Hall–Kier alpha value is -0.120. The van der Waals surface area contributed by atoms with Gasteiger partial charge in [-0.1, -0.05) is 0 Å². The lowest BCUT2D eigenvalue weighted by atomic mass is 10.0. The van der Waals surface area contributed by atoms with Crippen molar-refractivity contribution in [1.29, 1.82) is 0 Å². The van der Waals surface area contributed by atoms with E-state index in [4.69, 9.17) is 5.73 Å². The van der Waals surface area contributed by atoms with Crippen molar-refractivity contribution in [3.8, 4) is 0 Å². The van der Waals surface area contributed by atoms with E-state index in [1.54, 1.807) is 6.92 Å². The zero-order chi connectivity index (χ0) is 8.20. The number of nitrogens with two attached hydrogens (primary N) is 1. The molecule has 0 fully saturated rings. The van der Waals surface area contributed by atoms with Gasteiger partial charge in [-0.2, -0.15) is 0 Å². The molecule has 0 aliphatic carbocycles. The highest BCUT2D eigenvalue weighted by atomic mass is 16.3. The molecule has 0 radical (unpaired) electrons. The molecule has 3 heteroatoms. The molecule has 0 aromatic heterocycles. The number of aliphatic hydroxyl groups is 1. The highest BCUT2D eigenvalue weighted by Crippen LogP contribution is 2.05. The molecule has 0 saturated carbocycles. The van der Waals surface area contributed by atoms with Crippen LogP contribution in [0.2, 0.25) is 0 Å². The Labute approximate surface area is 62.8 Å². The Kier molecular flexibility index (Phi) is 3.86. The Bertz CT molecular complexity index is 91.6. The second kappa shape index (κ2) is 3.91. The molecule has 0 aliphatic heterocycles. The van der Waals surface area contributed by atoms with Crippen molar-refractivity contribution in [2.24, 2.45) is 5.73 Å². The normalized spacial score (nSPS) is 17.4. The average Bonchev–Trinajstić information content (AvgIpc) is 1.85. The smallest absolute Gasteiger partial charge is 0.0753 e. The van der Waals surface area contributed by atoms with E-state index >= 15 is 0 Å². The van der Waals surface area contributed by atoms with Gasteiger partial charge in [0.1, 0.15) is 0 Å². The molecule has 0 spiro atoms.